The van der Waals surface area contributed by atoms with Gasteiger partial charge in [0.15, 0.2) is 0 Å². The lowest BCUT2D eigenvalue weighted by Crippen LogP contribution is -2.30. The van der Waals surface area contributed by atoms with Crippen molar-refractivity contribution in [1.29, 1.82) is 0 Å². The van der Waals surface area contributed by atoms with Gasteiger partial charge < -0.3 is 4.57 Å². The zero-order valence-corrected chi connectivity index (χ0v) is 31.0. The average Bonchev–Trinajstić information content (AvgIpc) is 3.70. The van der Waals surface area contributed by atoms with Crippen molar-refractivity contribution in [2.75, 3.05) is 4.90 Å². The number of benzene rings is 8. The van der Waals surface area contributed by atoms with Crippen LogP contribution in [0.1, 0.15) is 31.8 Å². The third-order valence-corrected chi connectivity index (χ3v) is 11.2. The summed E-state index contributed by atoms with van der Waals surface area (Å²) in [5.74, 6) is -0.685. The van der Waals surface area contributed by atoms with E-state index in [1.54, 1.807) is 6.07 Å². The first-order valence-corrected chi connectivity index (χ1v) is 18.9. The molecule has 0 fully saturated rings. The summed E-state index contributed by atoms with van der Waals surface area (Å²) in [7, 11) is 0. The Labute approximate surface area is 325 Å². The van der Waals surface area contributed by atoms with Gasteiger partial charge >= 0.3 is 0 Å². The SMILES string of the molecule is Cc1ccccc1-c1ccc2c3ccc(-c4ccccc4C)cc3n(-c3cccc4c3C(=O)N(c3c(-c5ccccc5)cccc3-c3ccccc3)C4=O)c2c1. The summed E-state index contributed by atoms with van der Waals surface area (Å²) in [6, 6.07) is 61.6. The number of hydrogen-bond donors (Lipinski definition) is 0. The number of fused-ring (bicyclic) bond motifs is 4. The van der Waals surface area contributed by atoms with E-state index in [1.165, 1.54) is 16.0 Å². The van der Waals surface area contributed by atoms with Crippen molar-refractivity contribution >= 4 is 39.3 Å². The molecule has 1 aliphatic rings. The molecular weight excluding hydrogens is 685 g/mol. The first kappa shape index (κ1) is 33.3. The summed E-state index contributed by atoms with van der Waals surface area (Å²) >= 11 is 0. The third kappa shape index (κ3) is 5.22. The smallest absolute Gasteiger partial charge is 0.268 e. The lowest BCUT2D eigenvalue weighted by Gasteiger charge is -2.23. The quantitative estimate of drug-likeness (QED) is 0.161. The second-order valence-electron chi connectivity index (χ2n) is 14.5. The van der Waals surface area contributed by atoms with Crippen LogP contribution in [0.3, 0.4) is 0 Å². The third-order valence-electron chi connectivity index (χ3n) is 11.2. The van der Waals surface area contributed by atoms with Crippen LogP contribution < -0.4 is 4.90 Å². The molecule has 56 heavy (non-hydrogen) atoms. The van der Waals surface area contributed by atoms with Gasteiger partial charge in [-0.15, -0.1) is 0 Å². The fourth-order valence-electron chi connectivity index (χ4n) is 8.55. The van der Waals surface area contributed by atoms with Crippen LogP contribution in [0.4, 0.5) is 5.69 Å². The van der Waals surface area contributed by atoms with E-state index in [0.29, 0.717) is 22.5 Å². The summed E-state index contributed by atoms with van der Waals surface area (Å²) in [6.45, 7) is 4.26. The number of hydrogen-bond acceptors (Lipinski definition) is 2. The average molecular weight is 721 g/mol. The van der Waals surface area contributed by atoms with Gasteiger partial charge in [0.1, 0.15) is 0 Å². The van der Waals surface area contributed by atoms with Crippen molar-refractivity contribution in [1.82, 2.24) is 4.57 Å². The summed E-state index contributed by atoms with van der Waals surface area (Å²) in [5, 5.41) is 2.14. The Morgan fingerprint density at radius 3 is 1.34 bits per heavy atom. The van der Waals surface area contributed by atoms with Gasteiger partial charge in [0, 0.05) is 21.9 Å². The maximum absolute atomic E-state index is 15.3. The molecule has 9 aromatic rings. The molecular formula is C52H36N2O2. The molecule has 266 valence electrons. The van der Waals surface area contributed by atoms with E-state index in [2.05, 4.69) is 103 Å². The lowest BCUT2D eigenvalue weighted by molar-refractivity contribution is 0.0926. The van der Waals surface area contributed by atoms with Crippen molar-refractivity contribution in [3.8, 4) is 50.2 Å². The highest BCUT2D eigenvalue weighted by Crippen LogP contribution is 2.45. The second-order valence-corrected chi connectivity index (χ2v) is 14.5. The van der Waals surface area contributed by atoms with Gasteiger partial charge in [0.05, 0.1) is 33.5 Å². The van der Waals surface area contributed by atoms with Crippen molar-refractivity contribution in [3.05, 3.63) is 204 Å². The fraction of sp³-hybridized carbons (Fsp3) is 0.0385. The van der Waals surface area contributed by atoms with Gasteiger partial charge in [-0.25, -0.2) is 4.90 Å². The van der Waals surface area contributed by atoms with Gasteiger partial charge in [-0.1, -0.05) is 158 Å². The molecule has 0 radical (unpaired) electrons. The molecule has 0 saturated heterocycles. The van der Waals surface area contributed by atoms with Crippen LogP contribution in [-0.2, 0) is 0 Å². The Morgan fingerprint density at radius 2 is 0.821 bits per heavy atom. The molecule has 0 saturated carbocycles. The minimum Gasteiger partial charge on any atom is -0.308 e. The van der Waals surface area contributed by atoms with Gasteiger partial charge in [-0.2, -0.15) is 0 Å². The number of nitrogens with zero attached hydrogens (tertiary/aromatic N) is 2. The van der Waals surface area contributed by atoms with E-state index in [9.17, 15) is 4.79 Å². The first-order chi connectivity index (χ1) is 27.5. The number of aromatic nitrogens is 1. The van der Waals surface area contributed by atoms with Crippen LogP contribution >= 0.6 is 0 Å². The fourth-order valence-corrected chi connectivity index (χ4v) is 8.55. The monoisotopic (exact) mass is 720 g/mol. The summed E-state index contributed by atoms with van der Waals surface area (Å²) in [5.41, 5.74) is 14.2. The number of carbonyl (C=O) groups excluding carboxylic acids is 2. The molecule has 0 bridgehead atoms. The largest absolute Gasteiger partial charge is 0.308 e. The van der Waals surface area contributed by atoms with E-state index < -0.39 is 0 Å². The van der Waals surface area contributed by atoms with E-state index in [0.717, 1.165) is 66.3 Å². The van der Waals surface area contributed by atoms with Gasteiger partial charge in [-0.3, -0.25) is 9.59 Å². The molecule has 0 atom stereocenters. The second kappa shape index (κ2) is 13.2. The van der Waals surface area contributed by atoms with E-state index >= 15 is 4.79 Å². The van der Waals surface area contributed by atoms with Crippen molar-refractivity contribution in [2.45, 2.75) is 13.8 Å². The Hall–Kier alpha value is -7.30. The van der Waals surface area contributed by atoms with Gasteiger partial charge in [-0.05, 0) is 82.6 Å². The summed E-state index contributed by atoms with van der Waals surface area (Å²) in [4.78, 5) is 31.6. The first-order valence-electron chi connectivity index (χ1n) is 18.9. The topological polar surface area (TPSA) is 42.3 Å². The van der Waals surface area contributed by atoms with Crippen molar-refractivity contribution in [3.63, 3.8) is 0 Å². The van der Waals surface area contributed by atoms with Crippen LogP contribution in [0.5, 0.6) is 0 Å². The lowest BCUT2D eigenvalue weighted by atomic mass is 9.95. The molecule has 2 heterocycles. The molecule has 4 nitrogen and oxygen atoms in total. The predicted molar refractivity (Wildman–Crippen MR) is 230 cm³/mol. The molecule has 1 aromatic heterocycles. The molecule has 0 spiro atoms. The Balaban J connectivity index is 1.24. The van der Waals surface area contributed by atoms with E-state index in [-0.39, 0.29) is 11.8 Å². The van der Waals surface area contributed by atoms with Crippen LogP contribution in [0, 0.1) is 13.8 Å². The van der Waals surface area contributed by atoms with Gasteiger partial charge in [0.2, 0.25) is 0 Å². The zero-order valence-electron chi connectivity index (χ0n) is 31.0. The number of imide groups is 1. The van der Waals surface area contributed by atoms with Crippen LogP contribution in [0.15, 0.2) is 182 Å². The molecule has 0 aliphatic carbocycles. The normalized spacial score (nSPS) is 12.5. The van der Waals surface area contributed by atoms with Crippen molar-refractivity contribution in [2.24, 2.45) is 0 Å². The van der Waals surface area contributed by atoms with Crippen LogP contribution in [-0.4, -0.2) is 16.4 Å². The highest BCUT2D eigenvalue weighted by Gasteiger charge is 2.41. The van der Waals surface area contributed by atoms with Crippen LogP contribution in [0.2, 0.25) is 0 Å². The molecule has 0 unspecified atom stereocenters. The number of carbonyl (C=O) groups is 2. The Morgan fingerprint density at radius 1 is 0.375 bits per heavy atom. The summed E-state index contributed by atoms with van der Waals surface area (Å²) in [6.07, 6.45) is 0. The highest BCUT2D eigenvalue weighted by molar-refractivity contribution is 6.37. The maximum atomic E-state index is 15.3. The molecule has 1 aliphatic heterocycles. The number of amides is 2. The number of anilines is 1. The van der Waals surface area contributed by atoms with Gasteiger partial charge in [0.25, 0.3) is 11.8 Å². The van der Waals surface area contributed by atoms with Crippen molar-refractivity contribution < 1.29 is 9.59 Å². The number of para-hydroxylation sites is 1. The van der Waals surface area contributed by atoms with Crippen LogP contribution in [0.25, 0.3) is 72.0 Å². The Kier molecular flexibility index (Phi) is 7.86. The molecule has 4 heteroatoms. The highest BCUT2D eigenvalue weighted by atomic mass is 16.2. The molecule has 10 rings (SSSR count). The van der Waals surface area contributed by atoms with E-state index in [1.807, 2.05) is 91.0 Å². The number of rotatable bonds is 6. The molecule has 0 N–H and O–H groups in total. The minimum absolute atomic E-state index is 0.339. The zero-order chi connectivity index (χ0) is 37.9. The molecule has 8 aromatic carbocycles. The van der Waals surface area contributed by atoms with E-state index in [4.69, 9.17) is 0 Å². The minimum atomic E-state index is -0.346. The standard InChI is InChI=1S/C52H36N2O2/c1-33-15-9-11-21-39(33)37-27-29-43-44-30-28-38(40-22-12-10-16-34(40)2)32-48(44)53(47(43)31-37)46-26-14-25-45-49(46)52(56)54(51(45)55)50-41(35-17-5-3-6-18-35)23-13-24-42(50)36-19-7-4-8-20-36/h3-32H,1-2H3. The predicted octanol–water partition coefficient (Wildman–Crippen LogP) is 12.9. The Bertz CT molecular complexity index is 2870. The number of aryl methyl sites for hydroxylation is 2. The summed E-state index contributed by atoms with van der Waals surface area (Å²) < 4.78 is 2.20. The molecule has 2 amide bonds. The maximum Gasteiger partial charge on any atom is 0.268 e.